The number of fused-ring (bicyclic) bond motifs is 17. The molecule has 13 aromatic rings. The topological polar surface area (TPSA) is 41.9 Å². The maximum absolute atomic E-state index is 5.22. The fraction of sp³-hybridized carbons (Fsp3) is 0.0274. The quantitative estimate of drug-likeness (QED) is 0.172. The third-order valence-corrected chi connectivity index (χ3v) is 16.8. The van der Waals surface area contributed by atoms with Crippen molar-refractivity contribution >= 4 is 38.6 Å². The molecule has 3 aliphatic rings. The van der Waals surface area contributed by atoms with Gasteiger partial charge < -0.3 is 4.90 Å². The summed E-state index contributed by atoms with van der Waals surface area (Å²) in [5.41, 5.74) is 20.1. The van der Waals surface area contributed by atoms with Crippen molar-refractivity contribution < 1.29 is 0 Å². The van der Waals surface area contributed by atoms with Crippen LogP contribution in [-0.4, -0.2) is 15.0 Å². The average Bonchev–Trinajstić information content (AvgIpc) is 3.56. The first-order chi connectivity index (χ1) is 38.2. The van der Waals surface area contributed by atoms with Gasteiger partial charge in [-0.3, -0.25) is 0 Å². The smallest absolute Gasteiger partial charge is 0.164 e. The van der Waals surface area contributed by atoms with Gasteiger partial charge in [0.1, 0.15) is 0 Å². The molecule has 0 amide bonds. The second-order valence-corrected chi connectivity index (χ2v) is 20.6. The van der Waals surface area contributed by atoms with Crippen molar-refractivity contribution in [2.24, 2.45) is 0 Å². The minimum Gasteiger partial charge on any atom is -0.310 e. The summed E-state index contributed by atoms with van der Waals surface area (Å²) >= 11 is 0. The van der Waals surface area contributed by atoms with Crippen LogP contribution < -0.4 is 4.90 Å². The summed E-state index contributed by atoms with van der Waals surface area (Å²) in [7, 11) is 0. The Morgan fingerprint density at radius 2 is 0.610 bits per heavy atom. The first-order valence-electron chi connectivity index (χ1n) is 26.5. The number of anilines is 3. The lowest BCUT2D eigenvalue weighted by atomic mass is 9.50. The maximum Gasteiger partial charge on any atom is 0.164 e. The van der Waals surface area contributed by atoms with E-state index in [0.29, 0.717) is 17.5 Å². The Balaban J connectivity index is 0.901. The molecule has 0 unspecified atom stereocenters. The molecule has 12 aromatic carbocycles. The molecule has 0 bridgehead atoms. The molecule has 0 atom stereocenters. The maximum atomic E-state index is 5.22. The Hall–Kier alpha value is -10.0. The molecule has 0 saturated carbocycles. The lowest BCUT2D eigenvalue weighted by molar-refractivity contribution is 0.619. The third-order valence-electron chi connectivity index (χ3n) is 16.8. The molecule has 16 rings (SSSR count). The zero-order valence-electron chi connectivity index (χ0n) is 41.8. The lowest BCUT2D eigenvalue weighted by Crippen LogP contribution is -2.47. The largest absolute Gasteiger partial charge is 0.310 e. The first kappa shape index (κ1) is 43.4. The Labute approximate surface area is 446 Å². The molecule has 4 nitrogen and oxygen atoms in total. The van der Waals surface area contributed by atoms with Gasteiger partial charge in [0.05, 0.1) is 22.2 Å². The van der Waals surface area contributed by atoms with E-state index in [4.69, 9.17) is 15.0 Å². The molecular formula is C73H46N4. The minimum absolute atomic E-state index is 0.540. The van der Waals surface area contributed by atoms with Crippen LogP contribution >= 0.6 is 0 Å². The molecule has 2 spiro atoms. The molecule has 0 N–H and O–H groups in total. The van der Waals surface area contributed by atoms with Crippen LogP contribution in [0.15, 0.2) is 279 Å². The van der Waals surface area contributed by atoms with Crippen LogP contribution in [0.25, 0.3) is 78.0 Å². The van der Waals surface area contributed by atoms with Gasteiger partial charge in [-0.05, 0) is 131 Å². The highest BCUT2D eigenvalue weighted by atomic mass is 15.2. The Morgan fingerprint density at radius 3 is 1.16 bits per heavy atom. The minimum atomic E-state index is -0.707. The van der Waals surface area contributed by atoms with Crippen LogP contribution in [0.4, 0.5) is 17.1 Å². The highest BCUT2D eigenvalue weighted by molar-refractivity contribution is 5.96. The van der Waals surface area contributed by atoms with Crippen LogP contribution in [0.5, 0.6) is 0 Å². The number of nitrogens with zero attached hydrogens (tertiary/aromatic N) is 4. The van der Waals surface area contributed by atoms with Crippen molar-refractivity contribution in [1.82, 2.24) is 15.0 Å². The molecule has 2 aliphatic carbocycles. The fourth-order valence-electron chi connectivity index (χ4n) is 13.5. The monoisotopic (exact) mass is 978 g/mol. The number of hydrogen-bond donors (Lipinski definition) is 0. The van der Waals surface area contributed by atoms with Crippen LogP contribution in [0.2, 0.25) is 0 Å². The highest BCUT2D eigenvalue weighted by Gasteiger charge is 2.59. The molecule has 4 heteroatoms. The Bertz CT molecular complexity index is 4350. The van der Waals surface area contributed by atoms with Crippen molar-refractivity contribution in [3.05, 3.63) is 324 Å². The molecule has 0 saturated heterocycles. The van der Waals surface area contributed by atoms with Gasteiger partial charge >= 0.3 is 0 Å². The van der Waals surface area contributed by atoms with Crippen molar-refractivity contribution in [2.45, 2.75) is 10.8 Å². The molecule has 1 aromatic heterocycles. The van der Waals surface area contributed by atoms with Crippen molar-refractivity contribution in [2.75, 3.05) is 4.90 Å². The number of hydrogen-bond acceptors (Lipinski definition) is 4. The van der Waals surface area contributed by atoms with E-state index in [1.165, 1.54) is 72.1 Å². The van der Waals surface area contributed by atoms with E-state index >= 15 is 0 Å². The SMILES string of the molecule is c1ccc(N2c3ccccc3C3(c4cc(-c5ccc(-c6nc(-c7ccc8ccccc8c7)nc(-c7ccc8ccccc8c7)n6)cc5)ccc42)c2ccccc2C2(c4ccccc4-c4ccccc42)c2ccccc23)cc1. The zero-order chi connectivity index (χ0) is 50.7. The summed E-state index contributed by atoms with van der Waals surface area (Å²) in [5.74, 6) is 1.89. The van der Waals surface area contributed by atoms with Crippen molar-refractivity contribution in [1.29, 1.82) is 0 Å². The molecule has 2 heterocycles. The zero-order valence-corrected chi connectivity index (χ0v) is 41.8. The standard InChI is InChI=1S/C73H46N4/c1-2-22-56(23-3-1)77-67-33-17-16-32-65(67)73(63-30-14-12-28-61(63)72(62-29-13-15-31-64(62)73)59-26-10-8-24-57(59)58-25-9-11-27-60(58)72)66-46-53(42-43-68(66)77)49-34-38-50(39-35-49)69-74-70(54-40-36-47-18-4-6-20-51(47)44-54)76-71(75-69)55-41-37-48-19-5-7-21-52(48)45-55/h1-46H. The summed E-state index contributed by atoms with van der Waals surface area (Å²) < 4.78 is 0. The second kappa shape index (κ2) is 16.7. The highest BCUT2D eigenvalue weighted by Crippen LogP contribution is 2.67. The number of para-hydroxylation sites is 2. The Morgan fingerprint density at radius 1 is 0.234 bits per heavy atom. The van der Waals surface area contributed by atoms with Gasteiger partial charge in [-0.15, -0.1) is 0 Å². The molecule has 77 heavy (non-hydrogen) atoms. The first-order valence-corrected chi connectivity index (χ1v) is 26.5. The molecule has 0 fully saturated rings. The van der Waals surface area contributed by atoms with Crippen LogP contribution in [0.1, 0.15) is 44.5 Å². The molecular weight excluding hydrogens is 933 g/mol. The van der Waals surface area contributed by atoms with Gasteiger partial charge in [0.15, 0.2) is 17.5 Å². The van der Waals surface area contributed by atoms with Gasteiger partial charge in [0.2, 0.25) is 0 Å². The second-order valence-electron chi connectivity index (χ2n) is 20.6. The summed E-state index contributed by atoms with van der Waals surface area (Å²) in [6.07, 6.45) is 0. The third kappa shape index (κ3) is 6.24. The van der Waals surface area contributed by atoms with E-state index in [1.54, 1.807) is 0 Å². The van der Waals surface area contributed by atoms with Gasteiger partial charge in [0.25, 0.3) is 0 Å². The van der Waals surface area contributed by atoms with Gasteiger partial charge in [-0.2, -0.15) is 0 Å². The normalized spacial score (nSPS) is 13.9. The van der Waals surface area contributed by atoms with E-state index in [9.17, 15) is 0 Å². The van der Waals surface area contributed by atoms with E-state index in [0.717, 1.165) is 50.0 Å². The molecule has 0 radical (unpaired) electrons. The van der Waals surface area contributed by atoms with Crippen LogP contribution in [0, 0.1) is 0 Å². The van der Waals surface area contributed by atoms with Crippen molar-refractivity contribution in [3.8, 4) is 56.4 Å². The van der Waals surface area contributed by atoms with E-state index < -0.39 is 10.8 Å². The van der Waals surface area contributed by atoms with E-state index in [-0.39, 0.29) is 0 Å². The summed E-state index contributed by atoms with van der Waals surface area (Å²) in [6.45, 7) is 0. The van der Waals surface area contributed by atoms with Crippen LogP contribution in [0.3, 0.4) is 0 Å². The van der Waals surface area contributed by atoms with E-state index in [1.807, 2.05) is 0 Å². The van der Waals surface area contributed by atoms with Gasteiger partial charge in [0, 0.05) is 22.4 Å². The van der Waals surface area contributed by atoms with Gasteiger partial charge in [-0.25, -0.2) is 15.0 Å². The van der Waals surface area contributed by atoms with E-state index in [2.05, 4.69) is 284 Å². The predicted molar refractivity (Wildman–Crippen MR) is 314 cm³/mol. The summed E-state index contributed by atoms with van der Waals surface area (Å²) in [4.78, 5) is 18.1. The lowest BCUT2D eigenvalue weighted by Gasteiger charge is -2.53. The fourth-order valence-corrected chi connectivity index (χ4v) is 13.5. The Kier molecular flexibility index (Phi) is 9.43. The molecule has 358 valence electrons. The molecule has 1 aliphatic heterocycles. The number of rotatable bonds is 5. The van der Waals surface area contributed by atoms with Crippen LogP contribution in [-0.2, 0) is 10.8 Å². The summed E-state index contributed by atoms with van der Waals surface area (Å²) in [6, 6.07) is 102. The van der Waals surface area contributed by atoms with Gasteiger partial charge in [-0.1, -0.05) is 237 Å². The number of aromatic nitrogens is 3. The predicted octanol–water partition coefficient (Wildman–Crippen LogP) is 17.7. The van der Waals surface area contributed by atoms with Crippen molar-refractivity contribution in [3.63, 3.8) is 0 Å². The summed E-state index contributed by atoms with van der Waals surface area (Å²) in [5, 5.41) is 4.62. The number of benzene rings is 12. The average molecular weight is 979 g/mol.